The maximum Gasteiger partial charge on any atom is 0.124 e. The zero-order chi connectivity index (χ0) is 9.54. The average Bonchev–Trinajstić information content (AvgIpc) is 2.59. The van der Waals surface area contributed by atoms with E-state index in [1.807, 2.05) is 0 Å². The van der Waals surface area contributed by atoms with Crippen LogP contribution in [0.2, 0.25) is 0 Å². The van der Waals surface area contributed by atoms with Crippen LogP contribution < -0.4 is 5.32 Å². The van der Waals surface area contributed by atoms with Crippen LogP contribution in [0.4, 0.5) is 0 Å². The second-order valence-electron chi connectivity index (χ2n) is 4.13. The molecule has 0 saturated heterocycles. The van der Waals surface area contributed by atoms with Gasteiger partial charge in [0.05, 0.1) is 12.2 Å². The van der Waals surface area contributed by atoms with Gasteiger partial charge in [0.1, 0.15) is 6.04 Å². The molecule has 14 heavy (non-hydrogen) atoms. The fraction of sp³-hybridized carbons (Fsp3) is 0.333. The second kappa shape index (κ2) is 2.85. The van der Waals surface area contributed by atoms with Crippen molar-refractivity contribution in [3.05, 3.63) is 35.5 Å². The molecule has 0 saturated carbocycles. The van der Waals surface area contributed by atoms with E-state index < -0.39 is 0 Å². The lowest BCUT2D eigenvalue weighted by Crippen LogP contribution is -2.86. The largest absolute Gasteiger partial charge is 0.353 e. The summed E-state index contributed by atoms with van der Waals surface area (Å²) in [6, 6.07) is 9.20. The van der Waals surface area contributed by atoms with Crippen molar-refractivity contribution in [2.24, 2.45) is 0 Å². The molecule has 0 spiro atoms. The molecule has 2 heterocycles. The Morgan fingerprint density at radius 3 is 3.14 bits per heavy atom. The summed E-state index contributed by atoms with van der Waals surface area (Å²) in [6.07, 6.45) is 1.20. The Labute approximate surface area is 83.3 Å². The Morgan fingerprint density at radius 1 is 1.36 bits per heavy atom. The van der Waals surface area contributed by atoms with Gasteiger partial charge in [-0.15, -0.1) is 0 Å². The Balaban J connectivity index is 2.32. The zero-order valence-corrected chi connectivity index (χ0v) is 8.38. The van der Waals surface area contributed by atoms with Crippen LogP contribution in [0.15, 0.2) is 24.3 Å². The van der Waals surface area contributed by atoms with E-state index in [4.69, 9.17) is 0 Å². The minimum atomic E-state index is 0.589. The molecule has 2 aromatic rings. The van der Waals surface area contributed by atoms with E-state index in [0.717, 1.165) is 0 Å². The molecule has 2 nitrogen and oxygen atoms in total. The van der Waals surface area contributed by atoms with E-state index in [2.05, 4.69) is 41.5 Å². The third-order valence-corrected chi connectivity index (χ3v) is 3.22. The van der Waals surface area contributed by atoms with Gasteiger partial charge in [-0.1, -0.05) is 18.2 Å². The zero-order valence-electron chi connectivity index (χ0n) is 8.38. The Morgan fingerprint density at radius 2 is 2.21 bits per heavy atom. The van der Waals surface area contributed by atoms with Crippen LogP contribution in [0, 0.1) is 0 Å². The highest BCUT2D eigenvalue weighted by molar-refractivity contribution is 5.84. The highest BCUT2D eigenvalue weighted by Gasteiger charge is 2.22. The molecule has 1 aromatic heterocycles. The summed E-state index contributed by atoms with van der Waals surface area (Å²) in [4.78, 5) is 3.53. The number of nitrogens with one attached hydrogen (secondary N) is 1. The van der Waals surface area contributed by atoms with Gasteiger partial charge >= 0.3 is 0 Å². The van der Waals surface area contributed by atoms with Crippen molar-refractivity contribution in [2.45, 2.75) is 19.4 Å². The van der Waals surface area contributed by atoms with Crippen LogP contribution in [0.1, 0.15) is 24.2 Å². The predicted molar refractivity (Wildman–Crippen MR) is 57.2 cm³/mol. The van der Waals surface area contributed by atoms with Gasteiger partial charge in [-0.3, -0.25) is 0 Å². The van der Waals surface area contributed by atoms with Crippen LogP contribution in [0.25, 0.3) is 10.9 Å². The highest BCUT2D eigenvalue weighted by atomic mass is 15.0. The quantitative estimate of drug-likeness (QED) is 0.624. The average molecular weight is 187 g/mol. The summed E-state index contributed by atoms with van der Waals surface area (Å²) >= 11 is 0. The van der Waals surface area contributed by atoms with E-state index >= 15 is 0 Å². The number of nitrogens with two attached hydrogens (primary N) is 1. The van der Waals surface area contributed by atoms with Crippen molar-refractivity contribution < 1.29 is 5.32 Å². The first-order valence-electron chi connectivity index (χ1n) is 5.29. The molecule has 3 N–H and O–H groups in total. The minimum Gasteiger partial charge on any atom is -0.353 e. The first-order valence-corrected chi connectivity index (χ1v) is 5.29. The van der Waals surface area contributed by atoms with Crippen LogP contribution in [-0.4, -0.2) is 11.5 Å². The number of aromatic amines is 1. The standard InChI is InChI=1S/C12H14N2/c1-8-12-10(6-7-13-8)9-4-2-3-5-11(9)14-12/h2-5,8,13-14H,6-7H2,1H3/p+1/t8-/m0/s1. The first kappa shape index (κ1) is 8.06. The number of benzene rings is 1. The summed E-state index contributed by atoms with van der Waals surface area (Å²) < 4.78 is 0. The van der Waals surface area contributed by atoms with Crippen molar-refractivity contribution in [2.75, 3.05) is 6.54 Å². The molecule has 3 rings (SSSR count). The van der Waals surface area contributed by atoms with Crippen molar-refractivity contribution >= 4 is 10.9 Å². The lowest BCUT2D eigenvalue weighted by molar-refractivity contribution is -0.696. The van der Waals surface area contributed by atoms with Crippen molar-refractivity contribution in [1.82, 2.24) is 4.98 Å². The summed E-state index contributed by atoms with van der Waals surface area (Å²) in [6.45, 7) is 3.49. The van der Waals surface area contributed by atoms with Crippen molar-refractivity contribution in [3.8, 4) is 0 Å². The molecular formula is C12H15N2+. The normalized spacial score (nSPS) is 21.1. The Kier molecular flexibility index (Phi) is 1.64. The molecule has 72 valence electrons. The lowest BCUT2D eigenvalue weighted by Gasteiger charge is -2.16. The summed E-state index contributed by atoms with van der Waals surface area (Å²) in [5, 5.41) is 3.82. The SMILES string of the molecule is C[C@@H]1[NH2+]CCc2c1[nH]c1ccccc21. The number of H-pyrrole nitrogens is 1. The second-order valence-corrected chi connectivity index (χ2v) is 4.13. The van der Waals surface area contributed by atoms with Crippen LogP contribution in [0.5, 0.6) is 0 Å². The van der Waals surface area contributed by atoms with Gasteiger partial charge in [-0.25, -0.2) is 0 Å². The van der Waals surface area contributed by atoms with Crippen molar-refractivity contribution in [1.29, 1.82) is 0 Å². The number of para-hydroxylation sites is 1. The van der Waals surface area contributed by atoms with Crippen LogP contribution in [0.3, 0.4) is 0 Å². The molecule has 1 aromatic carbocycles. The van der Waals surface area contributed by atoms with Gasteiger partial charge in [0.2, 0.25) is 0 Å². The fourth-order valence-corrected chi connectivity index (χ4v) is 2.47. The molecule has 0 bridgehead atoms. The molecule has 0 radical (unpaired) electrons. The molecule has 0 fully saturated rings. The third kappa shape index (κ3) is 1.01. The van der Waals surface area contributed by atoms with E-state index in [1.54, 1.807) is 0 Å². The van der Waals surface area contributed by atoms with E-state index in [1.165, 1.54) is 35.1 Å². The topological polar surface area (TPSA) is 32.4 Å². The maximum atomic E-state index is 3.53. The fourth-order valence-electron chi connectivity index (χ4n) is 2.47. The molecule has 0 unspecified atom stereocenters. The third-order valence-electron chi connectivity index (χ3n) is 3.22. The molecule has 1 aliphatic heterocycles. The van der Waals surface area contributed by atoms with Crippen LogP contribution >= 0.6 is 0 Å². The summed E-state index contributed by atoms with van der Waals surface area (Å²) in [5.74, 6) is 0. The maximum absolute atomic E-state index is 3.53. The monoisotopic (exact) mass is 187 g/mol. The highest BCUT2D eigenvalue weighted by Crippen LogP contribution is 2.26. The van der Waals surface area contributed by atoms with Gasteiger partial charge in [0.25, 0.3) is 0 Å². The molecule has 0 amide bonds. The van der Waals surface area contributed by atoms with Gasteiger partial charge in [0.15, 0.2) is 0 Å². The summed E-state index contributed by atoms with van der Waals surface area (Å²) in [5.41, 5.74) is 4.26. The lowest BCUT2D eigenvalue weighted by atomic mass is 10.0. The first-order chi connectivity index (χ1) is 6.86. The van der Waals surface area contributed by atoms with E-state index in [0.29, 0.717) is 6.04 Å². The molecule has 1 atom stereocenters. The van der Waals surface area contributed by atoms with Gasteiger partial charge < -0.3 is 10.3 Å². The van der Waals surface area contributed by atoms with Gasteiger partial charge in [-0.2, -0.15) is 0 Å². The van der Waals surface area contributed by atoms with E-state index in [9.17, 15) is 0 Å². The number of quaternary nitrogens is 1. The molecule has 0 aliphatic carbocycles. The number of rotatable bonds is 0. The Bertz CT molecular complexity index is 470. The number of aromatic nitrogens is 1. The number of hydrogen-bond acceptors (Lipinski definition) is 0. The van der Waals surface area contributed by atoms with Gasteiger partial charge in [0, 0.05) is 17.3 Å². The van der Waals surface area contributed by atoms with Crippen molar-refractivity contribution in [3.63, 3.8) is 0 Å². The molecular weight excluding hydrogens is 172 g/mol. The molecule has 1 aliphatic rings. The van der Waals surface area contributed by atoms with Gasteiger partial charge in [-0.05, 0) is 18.6 Å². The number of hydrogen-bond donors (Lipinski definition) is 2. The van der Waals surface area contributed by atoms with E-state index in [-0.39, 0.29) is 0 Å². The minimum absolute atomic E-state index is 0.589. The number of fused-ring (bicyclic) bond motifs is 3. The summed E-state index contributed by atoms with van der Waals surface area (Å²) in [7, 11) is 0. The predicted octanol–water partition coefficient (Wildman–Crippen LogP) is 1.35. The molecule has 2 heteroatoms. The van der Waals surface area contributed by atoms with Crippen LogP contribution in [-0.2, 0) is 6.42 Å². The smallest absolute Gasteiger partial charge is 0.124 e. The Hall–Kier alpha value is -1.28.